The number of carbonyl (C=O) groups excluding carboxylic acids is 1. The van der Waals surface area contributed by atoms with Crippen LogP contribution in [0.4, 0.5) is 0 Å². The van der Waals surface area contributed by atoms with Crippen LogP contribution in [-0.4, -0.2) is 41.5 Å². The Morgan fingerprint density at radius 1 is 1.24 bits per heavy atom. The van der Waals surface area contributed by atoms with E-state index in [-0.39, 0.29) is 11.3 Å². The summed E-state index contributed by atoms with van der Waals surface area (Å²) in [4.78, 5) is 26.0. The molecule has 5 heteroatoms. The third-order valence-corrected chi connectivity index (χ3v) is 5.49. The van der Waals surface area contributed by atoms with Crippen molar-refractivity contribution >= 4 is 11.9 Å². The van der Waals surface area contributed by atoms with E-state index in [0.717, 1.165) is 32.1 Å². The Balaban J connectivity index is 2.02. The molecule has 0 bridgehead atoms. The minimum absolute atomic E-state index is 0.00876. The minimum Gasteiger partial charge on any atom is -0.481 e. The van der Waals surface area contributed by atoms with Gasteiger partial charge >= 0.3 is 5.97 Å². The van der Waals surface area contributed by atoms with Crippen molar-refractivity contribution in [3.05, 3.63) is 0 Å². The second kappa shape index (κ2) is 6.34. The SMILES string of the molecule is CCCC1(C(=O)O)CCCN(C(=O)CC2(CN)CCC2)C1. The highest BCUT2D eigenvalue weighted by Crippen LogP contribution is 2.44. The number of likely N-dealkylation sites (tertiary alicyclic amines) is 1. The Labute approximate surface area is 126 Å². The molecule has 1 aliphatic carbocycles. The molecule has 1 saturated carbocycles. The zero-order valence-corrected chi connectivity index (χ0v) is 13.1. The first-order valence-electron chi connectivity index (χ1n) is 8.18. The smallest absolute Gasteiger partial charge is 0.311 e. The summed E-state index contributed by atoms with van der Waals surface area (Å²) in [6, 6.07) is 0. The maximum atomic E-state index is 12.6. The van der Waals surface area contributed by atoms with Gasteiger partial charge in [0.2, 0.25) is 5.91 Å². The number of carbonyl (C=O) groups is 2. The average Bonchev–Trinajstić information content (AvgIpc) is 2.43. The van der Waals surface area contributed by atoms with Crippen LogP contribution in [0.2, 0.25) is 0 Å². The molecule has 120 valence electrons. The minimum atomic E-state index is -0.751. The van der Waals surface area contributed by atoms with Gasteiger partial charge in [0.1, 0.15) is 0 Å². The number of nitrogens with two attached hydrogens (primary N) is 1. The molecule has 0 spiro atoms. The molecule has 1 saturated heterocycles. The zero-order valence-electron chi connectivity index (χ0n) is 13.1. The van der Waals surface area contributed by atoms with Gasteiger partial charge in [0.05, 0.1) is 5.41 Å². The Bertz CT molecular complexity index is 397. The molecule has 5 nitrogen and oxygen atoms in total. The van der Waals surface area contributed by atoms with E-state index in [4.69, 9.17) is 5.73 Å². The number of rotatable bonds is 6. The lowest BCUT2D eigenvalue weighted by Crippen LogP contribution is -2.51. The number of piperidine rings is 1. The van der Waals surface area contributed by atoms with Crippen LogP contribution in [0.5, 0.6) is 0 Å². The number of amides is 1. The Hall–Kier alpha value is -1.10. The molecule has 1 unspecified atom stereocenters. The van der Waals surface area contributed by atoms with Crippen LogP contribution in [-0.2, 0) is 9.59 Å². The average molecular weight is 296 g/mol. The van der Waals surface area contributed by atoms with E-state index in [0.29, 0.717) is 38.9 Å². The van der Waals surface area contributed by atoms with Crippen LogP contribution in [0.1, 0.15) is 58.3 Å². The standard InChI is InChI=1S/C16H28N2O3/c1-2-5-16(14(20)21)8-4-9-18(12-16)13(19)10-15(11-17)6-3-7-15/h2-12,17H2,1H3,(H,20,21). The molecular formula is C16H28N2O3. The van der Waals surface area contributed by atoms with Crippen LogP contribution in [0.3, 0.4) is 0 Å². The van der Waals surface area contributed by atoms with Gasteiger partial charge < -0.3 is 15.7 Å². The molecular weight excluding hydrogens is 268 g/mol. The van der Waals surface area contributed by atoms with Crippen molar-refractivity contribution in [1.29, 1.82) is 0 Å². The van der Waals surface area contributed by atoms with Gasteiger partial charge in [-0.15, -0.1) is 0 Å². The summed E-state index contributed by atoms with van der Waals surface area (Å²) in [6.45, 7) is 3.63. The summed E-state index contributed by atoms with van der Waals surface area (Å²) in [7, 11) is 0. The predicted octanol–water partition coefficient (Wildman–Crippen LogP) is 2.00. The van der Waals surface area contributed by atoms with Gasteiger partial charge in [0, 0.05) is 19.5 Å². The fourth-order valence-corrected chi connectivity index (χ4v) is 3.87. The first-order chi connectivity index (χ1) is 9.97. The number of carboxylic acids is 1. The highest BCUT2D eigenvalue weighted by molar-refractivity contribution is 5.80. The highest BCUT2D eigenvalue weighted by Gasteiger charge is 2.44. The predicted molar refractivity (Wildman–Crippen MR) is 80.7 cm³/mol. The maximum Gasteiger partial charge on any atom is 0.311 e. The number of hydrogen-bond donors (Lipinski definition) is 2. The molecule has 1 amide bonds. The summed E-state index contributed by atoms with van der Waals surface area (Å²) >= 11 is 0. The van der Waals surface area contributed by atoms with Gasteiger partial charge in [-0.3, -0.25) is 9.59 Å². The van der Waals surface area contributed by atoms with Crippen molar-refractivity contribution < 1.29 is 14.7 Å². The van der Waals surface area contributed by atoms with Crippen molar-refractivity contribution in [3.63, 3.8) is 0 Å². The fourth-order valence-electron chi connectivity index (χ4n) is 3.87. The largest absolute Gasteiger partial charge is 0.481 e. The molecule has 0 aromatic rings. The molecule has 2 rings (SSSR count). The number of hydrogen-bond acceptors (Lipinski definition) is 3. The van der Waals surface area contributed by atoms with Crippen molar-refractivity contribution in [2.24, 2.45) is 16.6 Å². The topological polar surface area (TPSA) is 83.6 Å². The van der Waals surface area contributed by atoms with Gasteiger partial charge in [0.15, 0.2) is 0 Å². The van der Waals surface area contributed by atoms with Gasteiger partial charge in [-0.2, -0.15) is 0 Å². The molecule has 21 heavy (non-hydrogen) atoms. The second-order valence-corrected chi connectivity index (χ2v) is 6.99. The van der Waals surface area contributed by atoms with Crippen LogP contribution < -0.4 is 5.73 Å². The third kappa shape index (κ3) is 3.23. The lowest BCUT2D eigenvalue weighted by Gasteiger charge is -2.44. The zero-order chi connectivity index (χ0) is 15.5. The van der Waals surface area contributed by atoms with Crippen LogP contribution in [0.25, 0.3) is 0 Å². The van der Waals surface area contributed by atoms with E-state index in [9.17, 15) is 14.7 Å². The van der Waals surface area contributed by atoms with Crippen molar-refractivity contribution in [1.82, 2.24) is 4.90 Å². The quantitative estimate of drug-likeness (QED) is 0.785. The normalized spacial score (nSPS) is 28.0. The molecule has 0 aromatic carbocycles. The van der Waals surface area contributed by atoms with Crippen molar-refractivity contribution in [3.8, 4) is 0 Å². The molecule has 3 N–H and O–H groups in total. The molecule has 1 atom stereocenters. The van der Waals surface area contributed by atoms with Gasteiger partial charge in [-0.25, -0.2) is 0 Å². The lowest BCUT2D eigenvalue weighted by atomic mass is 9.66. The molecule has 2 fully saturated rings. The van der Waals surface area contributed by atoms with Crippen molar-refractivity contribution in [2.75, 3.05) is 19.6 Å². The van der Waals surface area contributed by atoms with E-state index >= 15 is 0 Å². The Kier molecular flexibility index (Phi) is 4.91. The summed E-state index contributed by atoms with van der Waals surface area (Å²) in [6.07, 6.45) is 6.65. The summed E-state index contributed by atoms with van der Waals surface area (Å²) in [5, 5.41) is 9.60. The highest BCUT2D eigenvalue weighted by atomic mass is 16.4. The van der Waals surface area contributed by atoms with E-state index in [1.165, 1.54) is 0 Å². The van der Waals surface area contributed by atoms with Crippen LogP contribution in [0, 0.1) is 10.8 Å². The molecule has 2 aliphatic rings. The van der Waals surface area contributed by atoms with Gasteiger partial charge in [0.25, 0.3) is 0 Å². The summed E-state index contributed by atoms with van der Waals surface area (Å²) in [5.41, 5.74) is 5.08. The van der Waals surface area contributed by atoms with Crippen LogP contribution >= 0.6 is 0 Å². The molecule has 0 radical (unpaired) electrons. The van der Waals surface area contributed by atoms with E-state index < -0.39 is 11.4 Å². The first-order valence-corrected chi connectivity index (χ1v) is 8.18. The maximum absolute atomic E-state index is 12.6. The number of carboxylic acid groups (broad SMARTS) is 1. The summed E-state index contributed by atoms with van der Waals surface area (Å²) < 4.78 is 0. The first kappa shape index (κ1) is 16.3. The van der Waals surface area contributed by atoms with Gasteiger partial charge in [-0.1, -0.05) is 19.8 Å². The fraction of sp³-hybridized carbons (Fsp3) is 0.875. The Morgan fingerprint density at radius 2 is 1.95 bits per heavy atom. The van der Waals surface area contributed by atoms with Gasteiger partial charge in [-0.05, 0) is 44.1 Å². The van der Waals surface area contributed by atoms with Crippen molar-refractivity contribution in [2.45, 2.75) is 58.3 Å². The van der Waals surface area contributed by atoms with Crippen LogP contribution in [0.15, 0.2) is 0 Å². The molecule has 1 heterocycles. The third-order valence-electron chi connectivity index (χ3n) is 5.49. The summed E-state index contributed by atoms with van der Waals surface area (Å²) in [5.74, 6) is -0.652. The monoisotopic (exact) mass is 296 g/mol. The molecule has 1 aliphatic heterocycles. The Morgan fingerprint density at radius 3 is 2.43 bits per heavy atom. The lowest BCUT2D eigenvalue weighted by molar-refractivity contribution is -0.156. The van der Waals surface area contributed by atoms with E-state index in [2.05, 4.69) is 0 Å². The molecule has 0 aromatic heterocycles. The second-order valence-electron chi connectivity index (χ2n) is 6.99. The number of aliphatic carboxylic acids is 1. The van der Waals surface area contributed by atoms with E-state index in [1.807, 2.05) is 6.92 Å². The number of nitrogens with zero attached hydrogens (tertiary/aromatic N) is 1. The van der Waals surface area contributed by atoms with E-state index in [1.54, 1.807) is 4.90 Å².